The minimum Gasteiger partial charge on any atom is -0.486 e. The first-order valence-electron chi connectivity index (χ1n) is 6.92. The number of hydrogen-bond donors (Lipinski definition) is 2. The number of likely N-dealkylation sites (tertiary alicyclic amines) is 1. The van der Waals surface area contributed by atoms with Crippen LogP contribution in [0.4, 0.5) is 10.7 Å². The van der Waals surface area contributed by atoms with E-state index in [1.54, 1.807) is 0 Å². The van der Waals surface area contributed by atoms with Gasteiger partial charge in [-0.05, 0) is 39.8 Å². The summed E-state index contributed by atoms with van der Waals surface area (Å²) in [5.41, 5.74) is 6.44. The van der Waals surface area contributed by atoms with Crippen LogP contribution < -0.4 is 15.8 Å². The Morgan fingerprint density at radius 3 is 2.90 bits per heavy atom. The van der Waals surface area contributed by atoms with Gasteiger partial charge in [-0.15, -0.1) is 11.3 Å². The maximum atomic E-state index is 9.10. The molecule has 2 rings (SSSR count). The summed E-state index contributed by atoms with van der Waals surface area (Å²) >= 11 is 1.38. The standard InChI is InChI=1S/C14H22N4OS/c1-9(2)19-13-12(16)11(6-15)20-14(13)17-7-10-4-5-18(3)8-10/h9-10,17H,4-5,7-8,16H2,1-3H3. The van der Waals surface area contributed by atoms with Crippen molar-refractivity contribution in [2.75, 3.05) is 37.7 Å². The van der Waals surface area contributed by atoms with Crippen LogP contribution in [0.25, 0.3) is 0 Å². The SMILES string of the molecule is CC(C)Oc1c(NCC2CCN(C)C2)sc(C#N)c1N. The molecule has 0 radical (unpaired) electrons. The lowest BCUT2D eigenvalue weighted by Gasteiger charge is -2.15. The Labute approximate surface area is 124 Å². The zero-order valence-electron chi connectivity index (χ0n) is 12.3. The van der Waals surface area contributed by atoms with E-state index in [-0.39, 0.29) is 6.10 Å². The number of anilines is 2. The molecule has 110 valence electrons. The zero-order chi connectivity index (χ0) is 14.7. The Balaban J connectivity index is 2.08. The van der Waals surface area contributed by atoms with Crippen molar-refractivity contribution < 1.29 is 4.74 Å². The molecule has 0 saturated carbocycles. The first kappa shape index (κ1) is 14.9. The highest BCUT2D eigenvalue weighted by molar-refractivity contribution is 7.17. The summed E-state index contributed by atoms with van der Waals surface area (Å²) in [5, 5.41) is 13.4. The summed E-state index contributed by atoms with van der Waals surface area (Å²) in [6.07, 6.45) is 1.24. The van der Waals surface area contributed by atoms with E-state index < -0.39 is 0 Å². The summed E-state index contributed by atoms with van der Waals surface area (Å²) in [7, 11) is 2.14. The van der Waals surface area contributed by atoms with Crippen molar-refractivity contribution in [3.8, 4) is 11.8 Å². The number of thiophene rings is 1. The van der Waals surface area contributed by atoms with Crippen LogP contribution in [0.5, 0.6) is 5.75 Å². The van der Waals surface area contributed by atoms with Crippen molar-refractivity contribution in [3.05, 3.63) is 4.88 Å². The van der Waals surface area contributed by atoms with Crippen molar-refractivity contribution >= 4 is 22.0 Å². The molecule has 1 unspecified atom stereocenters. The highest BCUT2D eigenvalue weighted by Gasteiger charge is 2.22. The third kappa shape index (κ3) is 3.35. The molecule has 0 amide bonds. The number of nitrogens with two attached hydrogens (primary N) is 1. The van der Waals surface area contributed by atoms with Gasteiger partial charge in [-0.1, -0.05) is 0 Å². The van der Waals surface area contributed by atoms with Crippen molar-refractivity contribution in [3.63, 3.8) is 0 Å². The molecule has 1 atom stereocenters. The van der Waals surface area contributed by atoms with Gasteiger partial charge in [0.1, 0.15) is 21.6 Å². The van der Waals surface area contributed by atoms with Crippen molar-refractivity contribution in [2.45, 2.75) is 26.4 Å². The topological polar surface area (TPSA) is 74.3 Å². The highest BCUT2D eigenvalue weighted by atomic mass is 32.1. The molecule has 1 aromatic rings. The Morgan fingerprint density at radius 2 is 2.35 bits per heavy atom. The summed E-state index contributed by atoms with van der Waals surface area (Å²) in [5.74, 6) is 1.27. The number of nitrogen functional groups attached to an aromatic ring is 1. The third-order valence-electron chi connectivity index (χ3n) is 3.39. The largest absolute Gasteiger partial charge is 0.486 e. The van der Waals surface area contributed by atoms with Crippen molar-refractivity contribution in [1.29, 1.82) is 5.26 Å². The quantitative estimate of drug-likeness (QED) is 0.872. The monoisotopic (exact) mass is 294 g/mol. The van der Waals surface area contributed by atoms with E-state index in [9.17, 15) is 0 Å². The molecule has 20 heavy (non-hydrogen) atoms. The van der Waals surface area contributed by atoms with Gasteiger partial charge < -0.3 is 20.7 Å². The van der Waals surface area contributed by atoms with Gasteiger partial charge in [-0.2, -0.15) is 5.26 Å². The first-order chi connectivity index (χ1) is 9.51. The van der Waals surface area contributed by atoms with Crippen LogP contribution in [0.2, 0.25) is 0 Å². The smallest absolute Gasteiger partial charge is 0.178 e. The van der Waals surface area contributed by atoms with E-state index in [2.05, 4.69) is 23.3 Å². The summed E-state index contributed by atoms with van der Waals surface area (Å²) in [6, 6.07) is 2.13. The van der Waals surface area contributed by atoms with Gasteiger partial charge in [-0.25, -0.2) is 0 Å². The lowest BCUT2D eigenvalue weighted by molar-refractivity contribution is 0.246. The second-order valence-corrected chi connectivity index (χ2v) is 6.60. The lowest BCUT2D eigenvalue weighted by Crippen LogP contribution is -2.19. The maximum absolute atomic E-state index is 9.10. The zero-order valence-corrected chi connectivity index (χ0v) is 13.1. The van der Waals surface area contributed by atoms with Gasteiger partial charge in [0.15, 0.2) is 5.75 Å². The minimum atomic E-state index is 0.0385. The average Bonchev–Trinajstić information content (AvgIpc) is 2.93. The fraction of sp³-hybridized carbons (Fsp3) is 0.643. The van der Waals surface area contributed by atoms with Gasteiger partial charge in [0, 0.05) is 13.1 Å². The van der Waals surface area contributed by atoms with Gasteiger partial charge in [0.25, 0.3) is 0 Å². The molecule has 0 aliphatic carbocycles. The Bertz CT molecular complexity index is 506. The Morgan fingerprint density at radius 1 is 1.60 bits per heavy atom. The number of nitrogens with zero attached hydrogens (tertiary/aromatic N) is 2. The second-order valence-electron chi connectivity index (χ2n) is 5.58. The molecule has 1 aliphatic heterocycles. The van der Waals surface area contributed by atoms with E-state index in [4.69, 9.17) is 15.7 Å². The number of nitriles is 1. The van der Waals surface area contributed by atoms with Crippen molar-refractivity contribution in [1.82, 2.24) is 4.90 Å². The molecule has 6 heteroatoms. The summed E-state index contributed by atoms with van der Waals surface area (Å²) < 4.78 is 5.76. The average molecular weight is 294 g/mol. The molecule has 1 saturated heterocycles. The van der Waals surface area contributed by atoms with Crippen molar-refractivity contribution in [2.24, 2.45) is 5.92 Å². The lowest BCUT2D eigenvalue weighted by atomic mass is 10.1. The van der Waals surface area contributed by atoms with E-state index in [1.807, 2.05) is 13.8 Å². The molecular weight excluding hydrogens is 272 g/mol. The molecule has 1 aromatic heterocycles. The van der Waals surface area contributed by atoms with Crippen LogP contribution in [0.3, 0.4) is 0 Å². The van der Waals surface area contributed by atoms with E-state index in [0.29, 0.717) is 22.2 Å². The van der Waals surface area contributed by atoms with E-state index in [1.165, 1.54) is 17.8 Å². The number of nitrogens with one attached hydrogen (secondary N) is 1. The molecule has 1 aliphatic rings. The van der Waals surface area contributed by atoms with Crippen LogP contribution in [0.1, 0.15) is 25.1 Å². The van der Waals surface area contributed by atoms with Crippen LogP contribution in [-0.2, 0) is 0 Å². The minimum absolute atomic E-state index is 0.0385. The third-order valence-corrected chi connectivity index (χ3v) is 4.44. The predicted molar refractivity (Wildman–Crippen MR) is 83.3 cm³/mol. The maximum Gasteiger partial charge on any atom is 0.178 e. The molecule has 0 aromatic carbocycles. The fourth-order valence-corrected chi connectivity index (χ4v) is 3.27. The molecule has 0 spiro atoms. The molecular formula is C14H22N4OS. The van der Waals surface area contributed by atoms with Gasteiger partial charge in [-0.3, -0.25) is 0 Å². The molecule has 3 N–H and O–H groups in total. The van der Waals surface area contributed by atoms with Gasteiger partial charge >= 0.3 is 0 Å². The number of rotatable bonds is 5. The van der Waals surface area contributed by atoms with Crippen LogP contribution in [-0.4, -0.2) is 37.7 Å². The van der Waals surface area contributed by atoms with Gasteiger partial charge in [0.05, 0.1) is 6.10 Å². The van der Waals surface area contributed by atoms with E-state index >= 15 is 0 Å². The molecule has 0 bridgehead atoms. The number of ether oxygens (including phenoxy) is 1. The van der Waals surface area contributed by atoms with Crippen LogP contribution in [0, 0.1) is 17.2 Å². The predicted octanol–water partition coefficient (Wildman–Crippen LogP) is 2.35. The molecule has 1 fully saturated rings. The number of hydrogen-bond acceptors (Lipinski definition) is 6. The van der Waals surface area contributed by atoms with Crippen LogP contribution in [0.15, 0.2) is 0 Å². The Kier molecular flexibility index (Phi) is 4.73. The van der Waals surface area contributed by atoms with Crippen LogP contribution >= 0.6 is 11.3 Å². The summed E-state index contributed by atoms with van der Waals surface area (Å²) in [6.45, 7) is 7.07. The Hall–Kier alpha value is -1.45. The molecule has 5 nitrogen and oxygen atoms in total. The van der Waals surface area contributed by atoms with Gasteiger partial charge in [0.2, 0.25) is 0 Å². The van der Waals surface area contributed by atoms with E-state index in [0.717, 1.165) is 24.6 Å². The second kappa shape index (κ2) is 6.33. The first-order valence-corrected chi connectivity index (χ1v) is 7.74. The highest BCUT2D eigenvalue weighted by Crippen LogP contribution is 2.42. The molecule has 2 heterocycles. The normalized spacial score (nSPS) is 19.2. The fourth-order valence-electron chi connectivity index (χ4n) is 2.41. The summed E-state index contributed by atoms with van der Waals surface area (Å²) in [4.78, 5) is 2.85.